The first-order chi connectivity index (χ1) is 9.55. The SMILES string of the molecule is CCc1cc(-c2ccc(F)c(C)c2)nn1CC(=O)OC. The van der Waals surface area contributed by atoms with E-state index in [-0.39, 0.29) is 18.3 Å². The summed E-state index contributed by atoms with van der Waals surface area (Å²) in [4.78, 5) is 11.4. The quantitative estimate of drug-likeness (QED) is 0.806. The van der Waals surface area contributed by atoms with E-state index < -0.39 is 0 Å². The van der Waals surface area contributed by atoms with E-state index in [0.717, 1.165) is 23.4 Å². The van der Waals surface area contributed by atoms with Gasteiger partial charge in [0.15, 0.2) is 0 Å². The number of carbonyl (C=O) groups excluding carboxylic acids is 1. The Kier molecular flexibility index (Phi) is 4.17. The maximum absolute atomic E-state index is 13.3. The lowest BCUT2D eigenvalue weighted by Gasteiger charge is -2.03. The normalized spacial score (nSPS) is 10.6. The Balaban J connectivity index is 2.37. The summed E-state index contributed by atoms with van der Waals surface area (Å²) in [7, 11) is 1.35. The van der Waals surface area contributed by atoms with Crippen molar-refractivity contribution < 1.29 is 13.9 Å². The molecule has 0 saturated heterocycles. The third kappa shape index (κ3) is 2.87. The Morgan fingerprint density at radius 2 is 2.15 bits per heavy atom. The largest absolute Gasteiger partial charge is 0.468 e. The Bertz CT molecular complexity index is 635. The van der Waals surface area contributed by atoms with E-state index in [1.54, 1.807) is 23.7 Å². The maximum Gasteiger partial charge on any atom is 0.327 e. The molecular formula is C15H17FN2O2. The number of methoxy groups -OCH3 is 1. The molecule has 106 valence electrons. The second kappa shape index (κ2) is 5.86. The van der Waals surface area contributed by atoms with Gasteiger partial charge in [0.2, 0.25) is 0 Å². The van der Waals surface area contributed by atoms with Crippen molar-refractivity contribution >= 4 is 5.97 Å². The second-order valence-electron chi connectivity index (χ2n) is 4.57. The molecule has 4 nitrogen and oxygen atoms in total. The van der Waals surface area contributed by atoms with Gasteiger partial charge in [0, 0.05) is 11.3 Å². The molecule has 1 aromatic heterocycles. The average Bonchev–Trinajstić information content (AvgIpc) is 2.84. The molecule has 0 unspecified atom stereocenters. The van der Waals surface area contributed by atoms with Gasteiger partial charge in [-0.3, -0.25) is 9.48 Å². The fourth-order valence-corrected chi connectivity index (χ4v) is 2.01. The number of hydrogen-bond acceptors (Lipinski definition) is 3. The Morgan fingerprint density at radius 3 is 2.75 bits per heavy atom. The number of hydrogen-bond donors (Lipinski definition) is 0. The van der Waals surface area contributed by atoms with Crippen molar-refractivity contribution in [2.24, 2.45) is 0 Å². The summed E-state index contributed by atoms with van der Waals surface area (Å²) in [5.41, 5.74) is 3.08. The van der Waals surface area contributed by atoms with Gasteiger partial charge < -0.3 is 4.74 Å². The number of carbonyl (C=O) groups is 1. The molecule has 0 radical (unpaired) electrons. The highest BCUT2D eigenvalue weighted by Gasteiger charge is 2.12. The van der Waals surface area contributed by atoms with Gasteiger partial charge in [0.25, 0.3) is 0 Å². The molecule has 0 atom stereocenters. The molecule has 20 heavy (non-hydrogen) atoms. The van der Waals surface area contributed by atoms with Crippen LogP contribution in [0.4, 0.5) is 4.39 Å². The minimum Gasteiger partial charge on any atom is -0.468 e. The van der Waals surface area contributed by atoms with Crippen LogP contribution >= 0.6 is 0 Å². The van der Waals surface area contributed by atoms with Gasteiger partial charge in [-0.05, 0) is 43.2 Å². The summed E-state index contributed by atoms with van der Waals surface area (Å²) >= 11 is 0. The maximum atomic E-state index is 13.3. The molecule has 2 rings (SSSR count). The highest BCUT2D eigenvalue weighted by Crippen LogP contribution is 2.22. The Hall–Kier alpha value is -2.17. The van der Waals surface area contributed by atoms with Gasteiger partial charge in [0.1, 0.15) is 12.4 Å². The Labute approximate surface area is 117 Å². The van der Waals surface area contributed by atoms with E-state index >= 15 is 0 Å². The molecule has 0 N–H and O–H groups in total. The minimum atomic E-state index is -0.343. The summed E-state index contributed by atoms with van der Waals surface area (Å²) in [6.07, 6.45) is 0.754. The minimum absolute atomic E-state index is 0.0832. The third-order valence-electron chi connectivity index (χ3n) is 3.19. The molecule has 0 aliphatic rings. The van der Waals surface area contributed by atoms with E-state index in [1.165, 1.54) is 13.2 Å². The first-order valence-electron chi connectivity index (χ1n) is 6.45. The van der Waals surface area contributed by atoms with Gasteiger partial charge in [0.05, 0.1) is 12.8 Å². The van der Waals surface area contributed by atoms with E-state index in [2.05, 4.69) is 9.84 Å². The molecule has 2 aromatic rings. The van der Waals surface area contributed by atoms with Crippen LogP contribution in [0.1, 0.15) is 18.2 Å². The number of rotatable bonds is 4. The number of benzene rings is 1. The average molecular weight is 276 g/mol. The third-order valence-corrected chi connectivity index (χ3v) is 3.19. The summed E-state index contributed by atoms with van der Waals surface area (Å²) in [5, 5.41) is 4.40. The summed E-state index contributed by atoms with van der Waals surface area (Å²) in [6, 6.07) is 6.78. The lowest BCUT2D eigenvalue weighted by molar-refractivity contribution is -0.141. The first-order valence-corrected chi connectivity index (χ1v) is 6.45. The number of halogens is 1. The predicted molar refractivity (Wildman–Crippen MR) is 73.8 cm³/mol. The second-order valence-corrected chi connectivity index (χ2v) is 4.57. The molecule has 1 heterocycles. The molecule has 0 aliphatic heterocycles. The molecule has 0 amide bonds. The van der Waals surface area contributed by atoms with Crippen LogP contribution in [-0.4, -0.2) is 22.9 Å². The van der Waals surface area contributed by atoms with Crippen LogP contribution in [0.15, 0.2) is 24.3 Å². The topological polar surface area (TPSA) is 44.1 Å². The highest BCUT2D eigenvalue weighted by atomic mass is 19.1. The summed E-state index contributed by atoms with van der Waals surface area (Å²) in [6.45, 7) is 3.79. The van der Waals surface area contributed by atoms with E-state index in [9.17, 15) is 9.18 Å². The predicted octanol–water partition coefficient (Wildman–Crippen LogP) is 2.73. The lowest BCUT2D eigenvalue weighted by atomic mass is 10.1. The number of aromatic nitrogens is 2. The summed E-state index contributed by atoms with van der Waals surface area (Å²) in [5.74, 6) is -0.580. The van der Waals surface area contributed by atoms with Gasteiger partial charge in [-0.15, -0.1) is 0 Å². The van der Waals surface area contributed by atoms with Gasteiger partial charge in [-0.2, -0.15) is 5.10 Å². The first kappa shape index (κ1) is 14.2. The van der Waals surface area contributed by atoms with Crippen molar-refractivity contribution in [2.45, 2.75) is 26.8 Å². The Morgan fingerprint density at radius 1 is 1.40 bits per heavy atom. The fourth-order valence-electron chi connectivity index (χ4n) is 2.01. The molecule has 0 fully saturated rings. The molecule has 0 bridgehead atoms. The van der Waals surface area contributed by atoms with Crippen molar-refractivity contribution in [2.75, 3.05) is 7.11 Å². The standard InChI is InChI=1S/C15H17FN2O2/c1-4-12-8-14(17-18(12)9-15(19)20-3)11-5-6-13(16)10(2)7-11/h5-8H,4,9H2,1-3H3. The van der Waals surface area contributed by atoms with Gasteiger partial charge in [-0.1, -0.05) is 6.92 Å². The number of ether oxygens (including phenoxy) is 1. The molecule has 0 aliphatic carbocycles. The number of nitrogens with zero attached hydrogens (tertiary/aromatic N) is 2. The zero-order valence-electron chi connectivity index (χ0n) is 11.8. The number of esters is 1. The van der Waals surface area contributed by atoms with E-state index in [0.29, 0.717) is 5.56 Å². The smallest absolute Gasteiger partial charge is 0.327 e. The van der Waals surface area contributed by atoms with Crippen LogP contribution in [0.25, 0.3) is 11.3 Å². The van der Waals surface area contributed by atoms with Crippen LogP contribution in [0.3, 0.4) is 0 Å². The highest BCUT2D eigenvalue weighted by molar-refractivity contribution is 5.69. The van der Waals surface area contributed by atoms with E-state index in [1.807, 2.05) is 13.0 Å². The van der Waals surface area contributed by atoms with Crippen molar-refractivity contribution in [1.29, 1.82) is 0 Å². The molecule has 0 saturated carbocycles. The van der Waals surface area contributed by atoms with Crippen molar-refractivity contribution in [3.05, 3.63) is 41.3 Å². The van der Waals surface area contributed by atoms with Crippen LogP contribution in [-0.2, 0) is 22.5 Å². The van der Waals surface area contributed by atoms with Gasteiger partial charge in [-0.25, -0.2) is 4.39 Å². The molecule has 5 heteroatoms. The monoisotopic (exact) mass is 276 g/mol. The van der Waals surface area contributed by atoms with Crippen molar-refractivity contribution in [3.63, 3.8) is 0 Å². The summed E-state index contributed by atoms with van der Waals surface area (Å²) < 4.78 is 19.6. The molecule has 0 spiro atoms. The van der Waals surface area contributed by atoms with Crippen molar-refractivity contribution in [1.82, 2.24) is 9.78 Å². The van der Waals surface area contributed by atoms with Crippen LogP contribution in [0.2, 0.25) is 0 Å². The molecule has 1 aromatic carbocycles. The van der Waals surface area contributed by atoms with Gasteiger partial charge >= 0.3 is 5.97 Å². The van der Waals surface area contributed by atoms with Crippen molar-refractivity contribution in [3.8, 4) is 11.3 Å². The molecular weight excluding hydrogens is 259 g/mol. The zero-order chi connectivity index (χ0) is 14.7. The van der Waals surface area contributed by atoms with Crippen LogP contribution in [0, 0.1) is 12.7 Å². The van der Waals surface area contributed by atoms with Crippen LogP contribution in [0.5, 0.6) is 0 Å². The van der Waals surface area contributed by atoms with E-state index in [4.69, 9.17) is 0 Å². The lowest BCUT2D eigenvalue weighted by Crippen LogP contribution is -2.14. The van der Waals surface area contributed by atoms with Crippen LogP contribution < -0.4 is 0 Å². The number of aryl methyl sites for hydroxylation is 2. The zero-order valence-corrected chi connectivity index (χ0v) is 11.8. The fraction of sp³-hybridized carbons (Fsp3) is 0.333.